The molecule has 1 fully saturated rings. The third kappa shape index (κ3) is 2.64. The highest BCUT2D eigenvalue weighted by molar-refractivity contribution is 7.09. The predicted molar refractivity (Wildman–Crippen MR) is 74.2 cm³/mol. The third-order valence-electron chi connectivity index (χ3n) is 3.60. The van der Waals surface area contributed by atoms with Gasteiger partial charge in [-0.25, -0.2) is 4.98 Å². The average Bonchev–Trinajstić information content (AvgIpc) is 2.70. The van der Waals surface area contributed by atoms with Crippen molar-refractivity contribution in [3.8, 4) is 0 Å². The monoisotopic (exact) mass is 264 g/mol. The fraction of sp³-hybridized carbons (Fsp3) is 0.571. The van der Waals surface area contributed by atoms with Crippen LogP contribution in [0.15, 0.2) is 23.2 Å². The molecule has 1 aliphatic rings. The summed E-state index contributed by atoms with van der Waals surface area (Å²) in [5.41, 5.74) is 1.37. The van der Waals surface area contributed by atoms with Gasteiger partial charge in [0.05, 0.1) is 12.5 Å². The first-order valence-electron chi connectivity index (χ1n) is 6.24. The van der Waals surface area contributed by atoms with Gasteiger partial charge < -0.3 is 5.32 Å². The molecule has 1 aromatic rings. The number of allylic oxidation sites excluding steroid dienone is 2. The highest BCUT2D eigenvalue weighted by atomic mass is 32.1. The number of carbonyl (C=O) groups is 1. The molecule has 1 N–H and O–H groups in total. The number of aromatic nitrogens is 1. The molecule has 1 heterocycles. The highest BCUT2D eigenvalue weighted by Gasteiger charge is 2.60. The number of thiazole rings is 1. The van der Waals surface area contributed by atoms with Crippen molar-refractivity contribution in [1.29, 1.82) is 0 Å². The first-order chi connectivity index (χ1) is 8.43. The summed E-state index contributed by atoms with van der Waals surface area (Å²) in [5.74, 6) is 0.629. The van der Waals surface area contributed by atoms with Gasteiger partial charge in [0.2, 0.25) is 5.91 Å². The molecule has 0 bridgehead atoms. The van der Waals surface area contributed by atoms with E-state index in [4.69, 9.17) is 0 Å². The van der Waals surface area contributed by atoms with Crippen molar-refractivity contribution in [3.63, 3.8) is 0 Å². The lowest BCUT2D eigenvalue weighted by atomic mass is 10.1. The Morgan fingerprint density at radius 2 is 2.28 bits per heavy atom. The van der Waals surface area contributed by atoms with Gasteiger partial charge in [-0.3, -0.25) is 4.79 Å². The summed E-state index contributed by atoms with van der Waals surface area (Å²) in [6.07, 6.45) is 3.98. The predicted octanol–water partition coefficient (Wildman–Crippen LogP) is 3.00. The van der Waals surface area contributed by atoms with Gasteiger partial charge in [0.1, 0.15) is 5.01 Å². The summed E-state index contributed by atoms with van der Waals surface area (Å²) in [6, 6.07) is 0. The van der Waals surface area contributed by atoms with Crippen LogP contribution in [0, 0.1) is 17.3 Å². The van der Waals surface area contributed by atoms with Crippen LogP contribution in [-0.2, 0) is 11.3 Å². The molecule has 0 radical (unpaired) electrons. The zero-order valence-corrected chi connectivity index (χ0v) is 12.2. The molecule has 0 unspecified atom stereocenters. The normalized spacial score (nSPS) is 24.4. The maximum absolute atomic E-state index is 12.1. The van der Waals surface area contributed by atoms with Gasteiger partial charge in [-0.05, 0) is 25.2 Å². The Balaban J connectivity index is 1.92. The molecule has 2 rings (SSSR count). The van der Waals surface area contributed by atoms with Crippen LogP contribution in [0.1, 0.15) is 32.7 Å². The molecular weight excluding hydrogens is 244 g/mol. The molecule has 0 aromatic carbocycles. The van der Waals surface area contributed by atoms with Crippen LogP contribution in [0.2, 0.25) is 0 Å². The van der Waals surface area contributed by atoms with Crippen LogP contribution in [0.4, 0.5) is 0 Å². The Morgan fingerprint density at radius 1 is 1.56 bits per heavy atom. The van der Waals surface area contributed by atoms with E-state index >= 15 is 0 Å². The first kappa shape index (κ1) is 13.3. The number of nitrogens with zero attached hydrogens (tertiary/aromatic N) is 1. The number of hydrogen-bond donors (Lipinski definition) is 1. The maximum Gasteiger partial charge on any atom is 0.224 e. The quantitative estimate of drug-likeness (QED) is 0.849. The summed E-state index contributed by atoms with van der Waals surface area (Å²) in [7, 11) is 0. The molecule has 0 aliphatic heterocycles. The van der Waals surface area contributed by atoms with Crippen LogP contribution in [0.5, 0.6) is 0 Å². The first-order valence-corrected chi connectivity index (χ1v) is 7.12. The molecule has 98 valence electrons. The molecule has 2 atom stereocenters. The van der Waals surface area contributed by atoms with E-state index in [1.54, 1.807) is 17.5 Å². The number of nitrogens with one attached hydrogen (secondary N) is 1. The highest BCUT2D eigenvalue weighted by Crippen LogP contribution is 2.59. The van der Waals surface area contributed by atoms with Crippen molar-refractivity contribution in [2.45, 2.75) is 34.2 Å². The van der Waals surface area contributed by atoms with Gasteiger partial charge in [-0.2, -0.15) is 0 Å². The van der Waals surface area contributed by atoms with Gasteiger partial charge in [0.25, 0.3) is 0 Å². The lowest BCUT2D eigenvalue weighted by Gasteiger charge is -2.03. The van der Waals surface area contributed by atoms with E-state index in [1.165, 1.54) is 5.57 Å². The third-order valence-corrected chi connectivity index (χ3v) is 4.38. The van der Waals surface area contributed by atoms with Crippen molar-refractivity contribution in [2.75, 3.05) is 0 Å². The summed E-state index contributed by atoms with van der Waals surface area (Å²) < 4.78 is 0. The minimum atomic E-state index is 0.0875. The fourth-order valence-corrected chi connectivity index (χ4v) is 3.02. The second-order valence-corrected chi connectivity index (χ2v) is 6.69. The lowest BCUT2D eigenvalue weighted by Crippen LogP contribution is -2.26. The zero-order chi connectivity index (χ0) is 13.3. The van der Waals surface area contributed by atoms with E-state index in [0.717, 1.165) is 5.01 Å². The van der Waals surface area contributed by atoms with E-state index in [2.05, 4.69) is 44.1 Å². The minimum Gasteiger partial charge on any atom is -0.349 e. The molecule has 18 heavy (non-hydrogen) atoms. The van der Waals surface area contributed by atoms with Gasteiger partial charge in [-0.15, -0.1) is 11.3 Å². The number of amides is 1. The van der Waals surface area contributed by atoms with Crippen LogP contribution in [-0.4, -0.2) is 10.9 Å². The van der Waals surface area contributed by atoms with Crippen molar-refractivity contribution in [2.24, 2.45) is 17.3 Å². The number of carbonyl (C=O) groups excluding carboxylic acids is 1. The molecular formula is C14H20N2OS. The van der Waals surface area contributed by atoms with Gasteiger partial charge in [-0.1, -0.05) is 25.5 Å². The Kier molecular flexibility index (Phi) is 3.57. The minimum absolute atomic E-state index is 0.0875. The molecule has 1 aromatic heterocycles. The van der Waals surface area contributed by atoms with Crippen LogP contribution in [0.3, 0.4) is 0 Å². The maximum atomic E-state index is 12.1. The van der Waals surface area contributed by atoms with Gasteiger partial charge >= 0.3 is 0 Å². The molecule has 0 spiro atoms. The van der Waals surface area contributed by atoms with E-state index < -0.39 is 0 Å². The van der Waals surface area contributed by atoms with Crippen LogP contribution < -0.4 is 5.32 Å². The van der Waals surface area contributed by atoms with E-state index in [0.29, 0.717) is 12.5 Å². The lowest BCUT2D eigenvalue weighted by molar-refractivity contribution is -0.123. The smallest absolute Gasteiger partial charge is 0.224 e. The molecule has 1 saturated carbocycles. The van der Waals surface area contributed by atoms with Crippen LogP contribution >= 0.6 is 11.3 Å². The second-order valence-electron chi connectivity index (χ2n) is 5.71. The molecule has 0 saturated heterocycles. The Hall–Kier alpha value is -1.16. The fourth-order valence-electron chi connectivity index (χ4n) is 2.46. The standard InChI is InChI=1S/C14H20N2OS/c1-9(2)7-10-12(14(10,3)4)13(17)16-8-11-15-5-6-18-11/h5-7,10,12H,8H2,1-4H3,(H,16,17)/t10-,12+/m1/s1. The van der Waals surface area contributed by atoms with Crippen molar-refractivity contribution in [1.82, 2.24) is 10.3 Å². The Morgan fingerprint density at radius 3 is 2.83 bits per heavy atom. The summed E-state index contributed by atoms with van der Waals surface area (Å²) in [4.78, 5) is 16.3. The largest absolute Gasteiger partial charge is 0.349 e. The average molecular weight is 264 g/mol. The van der Waals surface area contributed by atoms with Crippen molar-refractivity contribution >= 4 is 17.2 Å². The topological polar surface area (TPSA) is 42.0 Å². The number of rotatable bonds is 4. The SMILES string of the molecule is CC(C)=C[C@@H]1[C@@H](C(=O)NCc2nccs2)C1(C)C. The summed E-state index contributed by atoms with van der Waals surface area (Å²) >= 11 is 1.57. The van der Waals surface area contributed by atoms with Crippen molar-refractivity contribution in [3.05, 3.63) is 28.2 Å². The summed E-state index contributed by atoms with van der Waals surface area (Å²) in [6.45, 7) is 9.03. The molecule has 3 nitrogen and oxygen atoms in total. The zero-order valence-electron chi connectivity index (χ0n) is 11.4. The van der Waals surface area contributed by atoms with E-state index in [1.807, 2.05) is 5.38 Å². The van der Waals surface area contributed by atoms with Gasteiger partial charge in [0.15, 0.2) is 0 Å². The van der Waals surface area contributed by atoms with Crippen LogP contribution in [0.25, 0.3) is 0 Å². The molecule has 1 amide bonds. The summed E-state index contributed by atoms with van der Waals surface area (Å²) in [5, 5.41) is 5.87. The molecule has 1 aliphatic carbocycles. The molecule has 4 heteroatoms. The van der Waals surface area contributed by atoms with Gasteiger partial charge in [0, 0.05) is 11.6 Å². The second kappa shape index (κ2) is 4.84. The number of hydrogen-bond acceptors (Lipinski definition) is 3. The van der Waals surface area contributed by atoms with Crippen molar-refractivity contribution < 1.29 is 4.79 Å². The Labute approximate surface area is 112 Å². The van der Waals surface area contributed by atoms with E-state index in [-0.39, 0.29) is 17.2 Å². The Bertz CT molecular complexity index is 458. The van der Waals surface area contributed by atoms with E-state index in [9.17, 15) is 4.79 Å².